The molecule has 15 heavy (non-hydrogen) atoms. The number of carbonyl (C=O) groups is 1. The molecular formula is C10H5BrO4. The molecule has 0 aliphatic heterocycles. The van der Waals surface area contributed by atoms with Crippen molar-refractivity contribution in [2.75, 3.05) is 0 Å². The van der Waals surface area contributed by atoms with Gasteiger partial charge in [-0.05, 0) is 18.2 Å². The van der Waals surface area contributed by atoms with E-state index in [2.05, 4.69) is 15.9 Å². The predicted molar refractivity (Wildman–Crippen MR) is 57.1 cm³/mol. The van der Waals surface area contributed by atoms with E-state index in [0.717, 1.165) is 10.5 Å². The van der Waals surface area contributed by atoms with E-state index in [-0.39, 0.29) is 11.1 Å². The highest BCUT2D eigenvalue weighted by atomic mass is 79.9. The first-order valence-electron chi connectivity index (χ1n) is 4.04. The van der Waals surface area contributed by atoms with E-state index >= 15 is 0 Å². The molecule has 5 heteroatoms. The van der Waals surface area contributed by atoms with Crippen LogP contribution in [0.4, 0.5) is 0 Å². The Labute approximate surface area is 92.3 Å². The van der Waals surface area contributed by atoms with Crippen LogP contribution in [0.5, 0.6) is 0 Å². The van der Waals surface area contributed by atoms with Crippen molar-refractivity contribution in [1.29, 1.82) is 0 Å². The first-order valence-corrected chi connectivity index (χ1v) is 4.84. The van der Waals surface area contributed by atoms with Crippen LogP contribution in [0.15, 0.2) is 37.9 Å². The third kappa shape index (κ3) is 1.78. The Balaban J connectivity index is 2.94. The Kier molecular flexibility index (Phi) is 2.32. The van der Waals surface area contributed by atoms with Crippen molar-refractivity contribution in [3.05, 3.63) is 44.7 Å². The minimum Gasteiger partial charge on any atom is -0.478 e. The molecule has 0 bridgehead atoms. The van der Waals surface area contributed by atoms with Crippen molar-refractivity contribution >= 4 is 32.9 Å². The highest BCUT2D eigenvalue weighted by Gasteiger charge is 2.11. The summed E-state index contributed by atoms with van der Waals surface area (Å²) in [5.74, 6) is -1.15. The molecule has 0 spiro atoms. The molecule has 0 atom stereocenters. The Morgan fingerprint density at radius 3 is 2.73 bits per heavy atom. The third-order valence-electron chi connectivity index (χ3n) is 1.93. The molecule has 76 valence electrons. The molecule has 1 aromatic carbocycles. The zero-order chi connectivity index (χ0) is 11.0. The number of aromatic carboxylic acids is 1. The van der Waals surface area contributed by atoms with Gasteiger partial charge in [-0.3, -0.25) is 0 Å². The molecule has 1 N–H and O–H groups in total. The molecular weight excluding hydrogens is 264 g/mol. The number of carboxylic acid groups (broad SMARTS) is 1. The topological polar surface area (TPSA) is 67.5 Å². The van der Waals surface area contributed by atoms with Gasteiger partial charge in [0, 0.05) is 15.9 Å². The molecule has 0 saturated carbocycles. The lowest BCUT2D eigenvalue weighted by Crippen LogP contribution is -2.05. The Bertz CT molecular complexity index is 600. The average molecular weight is 269 g/mol. The van der Waals surface area contributed by atoms with E-state index in [1.807, 2.05) is 0 Å². The lowest BCUT2D eigenvalue weighted by Gasteiger charge is -2.00. The molecule has 0 radical (unpaired) electrons. The van der Waals surface area contributed by atoms with Crippen molar-refractivity contribution in [3.63, 3.8) is 0 Å². The normalized spacial score (nSPS) is 10.5. The summed E-state index contributed by atoms with van der Waals surface area (Å²) >= 11 is 3.22. The summed E-state index contributed by atoms with van der Waals surface area (Å²) < 4.78 is 5.60. The Morgan fingerprint density at radius 1 is 1.33 bits per heavy atom. The second kappa shape index (κ2) is 3.51. The third-order valence-corrected chi connectivity index (χ3v) is 2.43. The Hall–Kier alpha value is -1.62. The van der Waals surface area contributed by atoms with E-state index in [1.165, 1.54) is 0 Å². The Morgan fingerprint density at radius 2 is 2.07 bits per heavy atom. The number of rotatable bonds is 1. The van der Waals surface area contributed by atoms with Crippen molar-refractivity contribution in [2.45, 2.75) is 0 Å². The maximum Gasteiger partial charge on any atom is 0.337 e. The molecule has 0 fully saturated rings. The number of benzene rings is 1. The van der Waals surface area contributed by atoms with Crippen LogP contribution in [0.3, 0.4) is 0 Å². The van der Waals surface area contributed by atoms with Gasteiger partial charge < -0.3 is 9.52 Å². The van der Waals surface area contributed by atoms with Gasteiger partial charge in [0.25, 0.3) is 0 Å². The first-order chi connectivity index (χ1) is 7.08. The fraction of sp³-hybridized carbons (Fsp3) is 0. The number of halogens is 1. The van der Waals surface area contributed by atoms with Gasteiger partial charge in [0.2, 0.25) is 0 Å². The number of hydrogen-bond acceptors (Lipinski definition) is 3. The highest BCUT2D eigenvalue weighted by molar-refractivity contribution is 9.10. The van der Waals surface area contributed by atoms with Crippen molar-refractivity contribution in [2.24, 2.45) is 0 Å². The van der Waals surface area contributed by atoms with Gasteiger partial charge in [0.15, 0.2) is 0 Å². The minimum atomic E-state index is -1.15. The van der Waals surface area contributed by atoms with Gasteiger partial charge in [0.1, 0.15) is 5.58 Å². The fourth-order valence-electron chi connectivity index (χ4n) is 1.31. The molecule has 0 unspecified atom stereocenters. The van der Waals surface area contributed by atoms with Gasteiger partial charge in [0.05, 0.1) is 5.56 Å². The summed E-state index contributed by atoms with van der Waals surface area (Å²) in [6.07, 6.45) is 0. The highest BCUT2D eigenvalue weighted by Crippen LogP contribution is 2.21. The van der Waals surface area contributed by atoms with Crippen LogP contribution in [0.2, 0.25) is 0 Å². The number of fused-ring (bicyclic) bond motifs is 1. The fourth-order valence-corrected chi connectivity index (χ4v) is 1.67. The summed E-state index contributed by atoms with van der Waals surface area (Å²) in [4.78, 5) is 21.9. The molecule has 0 aliphatic rings. The summed E-state index contributed by atoms with van der Waals surface area (Å²) in [5.41, 5.74) is -0.451. The lowest BCUT2D eigenvalue weighted by atomic mass is 10.1. The molecule has 1 heterocycles. The van der Waals surface area contributed by atoms with Crippen LogP contribution in [-0.2, 0) is 0 Å². The predicted octanol–water partition coefficient (Wildman–Crippen LogP) is 2.25. The summed E-state index contributed by atoms with van der Waals surface area (Å²) in [6, 6.07) is 5.79. The summed E-state index contributed by atoms with van der Waals surface area (Å²) in [5, 5.41) is 9.30. The van der Waals surface area contributed by atoms with E-state index < -0.39 is 11.6 Å². The van der Waals surface area contributed by atoms with Crippen LogP contribution >= 0.6 is 15.9 Å². The average Bonchev–Trinajstić information content (AvgIpc) is 2.17. The monoisotopic (exact) mass is 268 g/mol. The zero-order valence-corrected chi connectivity index (χ0v) is 8.95. The van der Waals surface area contributed by atoms with E-state index in [4.69, 9.17) is 9.52 Å². The molecule has 0 aliphatic carbocycles. The van der Waals surface area contributed by atoms with Gasteiger partial charge in [-0.25, -0.2) is 9.59 Å². The SMILES string of the molecule is O=C(O)c1cc(=O)oc2ccc(Br)cc12. The van der Waals surface area contributed by atoms with Crippen LogP contribution in [0.1, 0.15) is 10.4 Å². The number of hydrogen-bond donors (Lipinski definition) is 1. The molecule has 2 rings (SSSR count). The van der Waals surface area contributed by atoms with Crippen molar-refractivity contribution in [1.82, 2.24) is 0 Å². The van der Waals surface area contributed by atoms with Gasteiger partial charge in [-0.2, -0.15) is 0 Å². The largest absolute Gasteiger partial charge is 0.478 e. The molecule has 1 aromatic heterocycles. The second-order valence-electron chi connectivity index (χ2n) is 2.92. The van der Waals surface area contributed by atoms with Crippen LogP contribution in [0.25, 0.3) is 11.0 Å². The summed E-state index contributed by atoms with van der Waals surface area (Å²) in [7, 11) is 0. The van der Waals surface area contributed by atoms with E-state index in [1.54, 1.807) is 18.2 Å². The molecule has 0 saturated heterocycles. The quantitative estimate of drug-likeness (QED) is 0.806. The van der Waals surface area contributed by atoms with Gasteiger partial charge in [-0.15, -0.1) is 0 Å². The maximum atomic E-state index is 11.1. The van der Waals surface area contributed by atoms with Gasteiger partial charge >= 0.3 is 11.6 Å². The molecule has 4 nitrogen and oxygen atoms in total. The van der Waals surface area contributed by atoms with Gasteiger partial charge in [-0.1, -0.05) is 15.9 Å². The molecule has 2 aromatic rings. The first kappa shape index (κ1) is 9.92. The maximum absolute atomic E-state index is 11.1. The van der Waals surface area contributed by atoms with Crippen LogP contribution in [-0.4, -0.2) is 11.1 Å². The van der Waals surface area contributed by atoms with E-state index in [0.29, 0.717) is 5.39 Å². The van der Waals surface area contributed by atoms with Crippen molar-refractivity contribution < 1.29 is 14.3 Å². The van der Waals surface area contributed by atoms with E-state index in [9.17, 15) is 9.59 Å². The smallest absolute Gasteiger partial charge is 0.337 e. The van der Waals surface area contributed by atoms with Crippen LogP contribution < -0.4 is 5.63 Å². The van der Waals surface area contributed by atoms with Crippen LogP contribution in [0, 0.1) is 0 Å². The lowest BCUT2D eigenvalue weighted by molar-refractivity contribution is 0.0698. The second-order valence-corrected chi connectivity index (χ2v) is 3.84. The minimum absolute atomic E-state index is 0.0532. The number of carboxylic acids is 1. The standard InChI is InChI=1S/C10H5BrO4/c11-5-1-2-8-6(3-5)7(10(13)14)4-9(12)15-8/h1-4H,(H,13,14). The van der Waals surface area contributed by atoms with Crippen molar-refractivity contribution in [3.8, 4) is 0 Å². The molecule has 0 amide bonds. The zero-order valence-electron chi connectivity index (χ0n) is 7.36. The summed E-state index contributed by atoms with van der Waals surface area (Å²) in [6.45, 7) is 0.